The zero-order chi connectivity index (χ0) is 18.4. The smallest absolute Gasteiger partial charge is 0.271 e. The molecule has 0 bridgehead atoms. The average molecular weight is 349 g/mol. The van der Waals surface area contributed by atoms with Gasteiger partial charge in [0.15, 0.2) is 0 Å². The highest BCUT2D eigenvalue weighted by Gasteiger charge is 2.25. The van der Waals surface area contributed by atoms with Gasteiger partial charge in [-0.05, 0) is 42.7 Å². The lowest BCUT2D eigenvalue weighted by molar-refractivity contribution is -0.118. The van der Waals surface area contributed by atoms with Crippen LogP contribution < -0.4 is 10.3 Å². The van der Waals surface area contributed by atoms with Crippen LogP contribution in [-0.4, -0.2) is 17.5 Å². The Kier molecular flexibility index (Phi) is 5.79. The number of anilines is 2. The van der Waals surface area contributed by atoms with Crippen molar-refractivity contribution in [2.45, 2.75) is 39.0 Å². The van der Waals surface area contributed by atoms with Gasteiger partial charge < -0.3 is 5.32 Å². The van der Waals surface area contributed by atoms with E-state index < -0.39 is 0 Å². The molecule has 0 saturated heterocycles. The van der Waals surface area contributed by atoms with E-state index in [9.17, 15) is 9.59 Å². The summed E-state index contributed by atoms with van der Waals surface area (Å²) < 4.78 is 0. The van der Waals surface area contributed by atoms with Crippen LogP contribution in [0.2, 0.25) is 0 Å². The molecule has 134 valence electrons. The normalized spacial score (nSPS) is 14.1. The van der Waals surface area contributed by atoms with Gasteiger partial charge in [0.1, 0.15) is 5.71 Å². The van der Waals surface area contributed by atoms with Crippen molar-refractivity contribution in [3.8, 4) is 0 Å². The van der Waals surface area contributed by atoms with Crippen LogP contribution in [-0.2, 0) is 16.0 Å². The third-order valence-electron chi connectivity index (χ3n) is 4.33. The maximum Gasteiger partial charge on any atom is 0.271 e. The monoisotopic (exact) mass is 349 g/mol. The van der Waals surface area contributed by atoms with E-state index in [1.54, 1.807) is 12.1 Å². The van der Waals surface area contributed by atoms with Crippen LogP contribution in [0.1, 0.15) is 38.2 Å². The topological polar surface area (TPSA) is 61.8 Å². The minimum Gasteiger partial charge on any atom is -0.321 e. The maximum atomic E-state index is 12.5. The van der Waals surface area contributed by atoms with Gasteiger partial charge in [-0.25, -0.2) is 5.01 Å². The van der Waals surface area contributed by atoms with Gasteiger partial charge in [-0.15, -0.1) is 0 Å². The van der Waals surface area contributed by atoms with Crippen LogP contribution in [0.4, 0.5) is 11.4 Å². The Bertz CT molecular complexity index is 798. The first-order valence-electron chi connectivity index (χ1n) is 9.03. The van der Waals surface area contributed by atoms with Gasteiger partial charge in [0.05, 0.1) is 5.69 Å². The molecule has 0 spiro atoms. The molecule has 2 aromatic carbocycles. The number of rotatable bonds is 6. The van der Waals surface area contributed by atoms with Crippen molar-refractivity contribution in [2.24, 2.45) is 5.10 Å². The number of amides is 2. The molecule has 1 N–H and O–H groups in total. The summed E-state index contributed by atoms with van der Waals surface area (Å²) in [5.74, 6) is -0.368. The lowest BCUT2D eigenvalue weighted by atomic mass is 10.1. The SMILES string of the molecule is CCCCc1ccc(NC(=O)C2=NN(c3ccccc3)C(=O)CC2)cc1. The molecular formula is C21H23N3O2. The van der Waals surface area contributed by atoms with Crippen molar-refractivity contribution >= 4 is 28.9 Å². The molecule has 2 amide bonds. The highest BCUT2D eigenvalue weighted by Crippen LogP contribution is 2.20. The Balaban J connectivity index is 1.70. The lowest BCUT2D eigenvalue weighted by Gasteiger charge is -2.23. The first-order chi connectivity index (χ1) is 12.7. The third kappa shape index (κ3) is 4.36. The Labute approximate surface area is 153 Å². The standard InChI is InChI=1S/C21H23N3O2/c1-2-3-7-16-10-12-17(13-11-16)22-21(26)19-14-15-20(25)24(23-19)18-8-5-4-6-9-18/h4-6,8-13H,2-3,7,14-15H2,1H3,(H,22,26). The van der Waals surface area contributed by atoms with Gasteiger partial charge >= 0.3 is 0 Å². The molecule has 0 radical (unpaired) electrons. The van der Waals surface area contributed by atoms with Crippen LogP contribution in [0.3, 0.4) is 0 Å². The fraction of sp³-hybridized carbons (Fsp3) is 0.286. The number of nitrogens with one attached hydrogen (secondary N) is 1. The zero-order valence-electron chi connectivity index (χ0n) is 14.9. The van der Waals surface area contributed by atoms with Gasteiger partial charge in [0, 0.05) is 18.5 Å². The summed E-state index contributed by atoms with van der Waals surface area (Å²) in [4.78, 5) is 24.7. The van der Waals surface area contributed by atoms with E-state index in [2.05, 4.69) is 17.3 Å². The molecular weight excluding hydrogens is 326 g/mol. The van der Waals surface area contributed by atoms with Crippen molar-refractivity contribution < 1.29 is 9.59 Å². The maximum absolute atomic E-state index is 12.5. The summed E-state index contributed by atoms with van der Waals surface area (Å²) in [6.07, 6.45) is 3.99. The zero-order valence-corrected chi connectivity index (χ0v) is 14.9. The number of hydrogen-bond acceptors (Lipinski definition) is 3. The van der Waals surface area contributed by atoms with Crippen molar-refractivity contribution in [1.29, 1.82) is 0 Å². The Morgan fingerprint density at radius 2 is 1.81 bits per heavy atom. The number of aryl methyl sites for hydroxylation is 1. The number of hydrogen-bond donors (Lipinski definition) is 1. The van der Waals surface area contributed by atoms with Crippen LogP contribution in [0.25, 0.3) is 0 Å². The number of para-hydroxylation sites is 1. The quantitative estimate of drug-likeness (QED) is 0.851. The summed E-state index contributed by atoms with van der Waals surface area (Å²) in [5, 5.41) is 8.46. The molecule has 5 nitrogen and oxygen atoms in total. The minimum absolute atomic E-state index is 0.104. The first-order valence-corrected chi connectivity index (χ1v) is 9.03. The van der Waals surface area contributed by atoms with Crippen molar-refractivity contribution in [3.05, 3.63) is 60.2 Å². The van der Waals surface area contributed by atoms with Gasteiger partial charge in [0.25, 0.3) is 5.91 Å². The number of nitrogens with zero attached hydrogens (tertiary/aromatic N) is 2. The van der Waals surface area contributed by atoms with E-state index in [4.69, 9.17) is 0 Å². The molecule has 3 rings (SSSR count). The second kappa shape index (κ2) is 8.43. The van der Waals surface area contributed by atoms with Gasteiger partial charge in [-0.1, -0.05) is 43.7 Å². The Hall–Kier alpha value is -2.95. The summed E-state index contributed by atoms with van der Waals surface area (Å²) in [6.45, 7) is 2.17. The Morgan fingerprint density at radius 3 is 2.50 bits per heavy atom. The van der Waals surface area contributed by atoms with Crippen LogP contribution in [0.5, 0.6) is 0 Å². The van der Waals surface area contributed by atoms with E-state index in [1.807, 2.05) is 42.5 Å². The Morgan fingerprint density at radius 1 is 1.08 bits per heavy atom. The van der Waals surface area contributed by atoms with Gasteiger partial charge in [-0.3, -0.25) is 9.59 Å². The van der Waals surface area contributed by atoms with E-state index in [0.717, 1.165) is 24.9 Å². The van der Waals surface area contributed by atoms with E-state index in [-0.39, 0.29) is 18.2 Å². The van der Waals surface area contributed by atoms with E-state index in [1.165, 1.54) is 10.6 Å². The number of carbonyl (C=O) groups excluding carboxylic acids is 2. The number of hydrazone groups is 1. The van der Waals surface area contributed by atoms with Crippen LogP contribution in [0, 0.1) is 0 Å². The van der Waals surface area contributed by atoms with Gasteiger partial charge in [0.2, 0.25) is 5.91 Å². The van der Waals surface area contributed by atoms with E-state index >= 15 is 0 Å². The van der Waals surface area contributed by atoms with Crippen molar-refractivity contribution in [1.82, 2.24) is 0 Å². The van der Waals surface area contributed by atoms with E-state index in [0.29, 0.717) is 17.8 Å². The minimum atomic E-state index is -0.264. The second-order valence-electron chi connectivity index (χ2n) is 6.34. The number of benzene rings is 2. The highest BCUT2D eigenvalue weighted by molar-refractivity contribution is 6.44. The predicted molar refractivity (Wildman–Crippen MR) is 104 cm³/mol. The van der Waals surface area contributed by atoms with Crippen LogP contribution >= 0.6 is 0 Å². The fourth-order valence-electron chi connectivity index (χ4n) is 2.83. The summed E-state index contributed by atoms with van der Waals surface area (Å²) in [6, 6.07) is 17.0. The molecule has 26 heavy (non-hydrogen) atoms. The molecule has 0 saturated carbocycles. The summed E-state index contributed by atoms with van der Waals surface area (Å²) in [7, 11) is 0. The molecule has 2 aromatic rings. The molecule has 0 fully saturated rings. The molecule has 1 aliphatic rings. The molecule has 0 aliphatic carbocycles. The highest BCUT2D eigenvalue weighted by atomic mass is 16.2. The molecule has 1 heterocycles. The summed E-state index contributed by atoms with van der Waals surface area (Å²) in [5.41, 5.74) is 3.04. The molecule has 1 aliphatic heterocycles. The van der Waals surface area contributed by atoms with Crippen molar-refractivity contribution in [3.63, 3.8) is 0 Å². The molecule has 0 atom stereocenters. The second-order valence-corrected chi connectivity index (χ2v) is 6.34. The molecule has 0 unspecified atom stereocenters. The van der Waals surface area contributed by atoms with Crippen molar-refractivity contribution in [2.75, 3.05) is 10.3 Å². The third-order valence-corrected chi connectivity index (χ3v) is 4.33. The van der Waals surface area contributed by atoms with Gasteiger partial charge in [-0.2, -0.15) is 5.10 Å². The summed E-state index contributed by atoms with van der Waals surface area (Å²) >= 11 is 0. The fourth-order valence-corrected chi connectivity index (χ4v) is 2.83. The van der Waals surface area contributed by atoms with Crippen LogP contribution in [0.15, 0.2) is 59.7 Å². The average Bonchev–Trinajstić information content (AvgIpc) is 2.68. The first kappa shape index (κ1) is 17.9. The largest absolute Gasteiger partial charge is 0.321 e. The lowest BCUT2D eigenvalue weighted by Crippen LogP contribution is -2.36. The number of unbranched alkanes of at least 4 members (excludes halogenated alkanes) is 1. The number of carbonyl (C=O) groups is 2. The molecule has 5 heteroatoms. The molecule has 0 aromatic heterocycles. The predicted octanol–water partition coefficient (Wildman–Crippen LogP) is 4.15.